The van der Waals surface area contributed by atoms with Crippen LogP contribution in [-0.4, -0.2) is 32.4 Å². The van der Waals surface area contributed by atoms with Crippen LogP contribution < -0.4 is 5.32 Å². The zero-order valence-electron chi connectivity index (χ0n) is 14.7. The highest BCUT2D eigenvalue weighted by molar-refractivity contribution is 7.99. The van der Waals surface area contributed by atoms with Gasteiger partial charge in [0.15, 0.2) is 0 Å². The number of nitriles is 1. The first kappa shape index (κ1) is 19.1. The van der Waals surface area contributed by atoms with Crippen LogP contribution in [0.2, 0.25) is 0 Å². The van der Waals surface area contributed by atoms with E-state index in [0.29, 0.717) is 23.8 Å². The lowest BCUT2D eigenvalue weighted by atomic mass is 9.83. The van der Waals surface area contributed by atoms with Crippen LogP contribution in [0.5, 0.6) is 0 Å². The van der Waals surface area contributed by atoms with E-state index in [2.05, 4.69) is 26.6 Å². The molecule has 140 valence electrons. The van der Waals surface area contributed by atoms with Crippen molar-refractivity contribution >= 4 is 29.8 Å². The summed E-state index contributed by atoms with van der Waals surface area (Å²) in [5.41, 5.74) is 0.119. The van der Waals surface area contributed by atoms with E-state index in [4.69, 9.17) is 0 Å². The van der Waals surface area contributed by atoms with Crippen LogP contribution in [0.3, 0.4) is 0 Å². The number of aromatic nitrogens is 3. The lowest BCUT2D eigenvalue weighted by molar-refractivity contribution is -0.120. The van der Waals surface area contributed by atoms with Gasteiger partial charge in [-0.2, -0.15) is 5.26 Å². The summed E-state index contributed by atoms with van der Waals surface area (Å²) >= 11 is 1.21. The molecular formula is C19H20FN5OS. The SMILES string of the molecule is N#CC1(NC(=O)CSc2n[nH]c(/C=C/c3ccc(F)cc3)n2)CCCCC1. The number of halogens is 1. The van der Waals surface area contributed by atoms with Crippen LogP contribution in [0, 0.1) is 17.1 Å². The van der Waals surface area contributed by atoms with Gasteiger partial charge in [-0.15, -0.1) is 5.10 Å². The van der Waals surface area contributed by atoms with E-state index in [-0.39, 0.29) is 17.5 Å². The van der Waals surface area contributed by atoms with E-state index < -0.39 is 5.54 Å². The van der Waals surface area contributed by atoms with Gasteiger partial charge >= 0.3 is 0 Å². The molecule has 1 aliphatic carbocycles. The summed E-state index contributed by atoms with van der Waals surface area (Å²) in [4.78, 5) is 16.5. The molecule has 1 aromatic carbocycles. The summed E-state index contributed by atoms with van der Waals surface area (Å²) in [6.07, 6.45) is 7.98. The Kier molecular flexibility index (Phi) is 6.24. The lowest BCUT2D eigenvalue weighted by Crippen LogP contribution is -2.49. The molecular weight excluding hydrogens is 365 g/mol. The maximum Gasteiger partial charge on any atom is 0.231 e. The fraction of sp³-hybridized carbons (Fsp3) is 0.368. The summed E-state index contributed by atoms with van der Waals surface area (Å²) in [6.45, 7) is 0. The first-order valence-corrected chi connectivity index (χ1v) is 9.78. The second-order valence-electron chi connectivity index (χ2n) is 6.48. The van der Waals surface area contributed by atoms with Gasteiger partial charge in [-0.1, -0.05) is 49.2 Å². The zero-order valence-corrected chi connectivity index (χ0v) is 15.6. The Morgan fingerprint density at radius 2 is 2.04 bits per heavy atom. The third-order valence-corrected chi connectivity index (χ3v) is 5.27. The Bertz CT molecular complexity index is 850. The number of benzene rings is 1. The maximum absolute atomic E-state index is 12.9. The topological polar surface area (TPSA) is 94.5 Å². The molecule has 2 N–H and O–H groups in total. The quantitative estimate of drug-likeness (QED) is 0.742. The molecule has 8 heteroatoms. The van der Waals surface area contributed by atoms with Gasteiger partial charge in [0.1, 0.15) is 17.2 Å². The van der Waals surface area contributed by atoms with Gasteiger partial charge in [0.05, 0.1) is 11.8 Å². The Hall–Kier alpha value is -2.66. The molecule has 1 saturated carbocycles. The molecule has 0 unspecified atom stereocenters. The standard InChI is InChI=1S/C19H20FN5OS/c20-15-7-4-14(5-8-15)6-9-16-22-18(25-24-16)27-12-17(26)23-19(13-21)10-2-1-3-11-19/h4-9H,1-3,10-12H2,(H,23,26)(H,22,24,25)/b9-6+. The second kappa shape index (κ2) is 8.82. The predicted molar refractivity (Wildman–Crippen MR) is 102 cm³/mol. The van der Waals surface area contributed by atoms with Gasteiger partial charge in [0.25, 0.3) is 0 Å². The number of rotatable bonds is 6. The monoisotopic (exact) mass is 385 g/mol. The average Bonchev–Trinajstić information content (AvgIpc) is 3.15. The molecule has 0 bridgehead atoms. The van der Waals surface area contributed by atoms with Gasteiger partial charge in [-0.25, -0.2) is 9.37 Å². The van der Waals surface area contributed by atoms with Crippen LogP contribution >= 0.6 is 11.8 Å². The first-order valence-electron chi connectivity index (χ1n) is 8.80. The number of carbonyl (C=O) groups is 1. The lowest BCUT2D eigenvalue weighted by Gasteiger charge is -2.31. The summed E-state index contributed by atoms with van der Waals surface area (Å²) in [7, 11) is 0. The third kappa shape index (κ3) is 5.41. The van der Waals surface area contributed by atoms with Gasteiger partial charge in [0.2, 0.25) is 11.1 Å². The molecule has 3 rings (SSSR count). The van der Waals surface area contributed by atoms with Gasteiger partial charge in [0, 0.05) is 0 Å². The van der Waals surface area contributed by atoms with Crippen molar-refractivity contribution in [1.82, 2.24) is 20.5 Å². The van der Waals surface area contributed by atoms with Crippen LogP contribution in [0.1, 0.15) is 43.5 Å². The number of hydrogen-bond acceptors (Lipinski definition) is 5. The Morgan fingerprint density at radius 3 is 2.74 bits per heavy atom. The summed E-state index contributed by atoms with van der Waals surface area (Å²) in [5, 5.41) is 19.6. The van der Waals surface area contributed by atoms with Crippen molar-refractivity contribution in [2.24, 2.45) is 0 Å². The largest absolute Gasteiger partial charge is 0.337 e. The van der Waals surface area contributed by atoms with Crippen molar-refractivity contribution in [3.05, 3.63) is 41.5 Å². The van der Waals surface area contributed by atoms with E-state index in [9.17, 15) is 14.4 Å². The average molecular weight is 385 g/mol. The minimum atomic E-state index is -0.724. The molecule has 27 heavy (non-hydrogen) atoms. The molecule has 0 aliphatic heterocycles. The van der Waals surface area contributed by atoms with E-state index in [0.717, 1.165) is 24.8 Å². The number of thioether (sulfide) groups is 1. The van der Waals surface area contributed by atoms with Gasteiger partial charge in [-0.05, 0) is 36.6 Å². The fourth-order valence-electron chi connectivity index (χ4n) is 3.00. The number of aromatic amines is 1. The predicted octanol–water partition coefficient (Wildman–Crippen LogP) is 3.55. The van der Waals surface area contributed by atoms with Crippen molar-refractivity contribution in [1.29, 1.82) is 5.26 Å². The third-order valence-electron chi connectivity index (χ3n) is 4.42. The molecule has 0 saturated heterocycles. The van der Waals surface area contributed by atoms with Crippen LogP contribution in [-0.2, 0) is 4.79 Å². The maximum atomic E-state index is 12.9. The summed E-state index contributed by atoms with van der Waals surface area (Å²) in [6, 6.07) is 8.38. The van der Waals surface area contributed by atoms with Crippen molar-refractivity contribution in [2.45, 2.75) is 42.8 Å². The van der Waals surface area contributed by atoms with E-state index in [1.807, 2.05) is 0 Å². The Balaban J connectivity index is 1.51. The molecule has 0 radical (unpaired) electrons. The van der Waals surface area contributed by atoms with Crippen LogP contribution in [0.25, 0.3) is 12.2 Å². The molecule has 1 fully saturated rings. The number of amides is 1. The van der Waals surface area contributed by atoms with Gasteiger partial charge in [-0.3, -0.25) is 9.89 Å². The number of carbonyl (C=O) groups excluding carboxylic acids is 1. The normalized spacial score (nSPS) is 16.1. The molecule has 1 aliphatic rings. The summed E-state index contributed by atoms with van der Waals surface area (Å²) in [5.74, 6) is 0.234. The zero-order chi connectivity index (χ0) is 19.1. The van der Waals surface area contributed by atoms with Gasteiger partial charge < -0.3 is 5.32 Å². The fourth-order valence-corrected chi connectivity index (χ4v) is 3.60. The second-order valence-corrected chi connectivity index (χ2v) is 7.42. The minimum Gasteiger partial charge on any atom is -0.337 e. The molecule has 2 aromatic rings. The summed E-state index contributed by atoms with van der Waals surface area (Å²) < 4.78 is 12.9. The van der Waals surface area contributed by atoms with Crippen molar-refractivity contribution in [2.75, 3.05) is 5.75 Å². The number of nitrogens with zero attached hydrogens (tertiary/aromatic N) is 3. The first-order chi connectivity index (χ1) is 13.1. The highest BCUT2D eigenvalue weighted by atomic mass is 32.2. The number of nitrogens with one attached hydrogen (secondary N) is 2. The van der Waals surface area contributed by atoms with Crippen LogP contribution in [0.4, 0.5) is 4.39 Å². The molecule has 1 heterocycles. The highest BCUT2D eigenvalue weighted by Crippen LogP contribution is 2.27. The number of hydrogen-bond donors (Lipinski definition) is 2. The molecule has 1 amide bonds. The van der Waals surface area contributed by atoms with Crippen LogP contribution in [0.15, 0.2) is 29.4 Å². The molecule has 0 atom stereocenters. The van der Waals surface area contributed by atoms with Crippen molar-refractivity contribution in [3.63, 3.8) is 0 Å². The molecule has 1 aromatic heterocycles. The minimum absolute atomic E-state index is 0.155. The molecule has 0 spiro atoms. The van der Waals surface area contributed by atoms with E-state index in [1.165, 1.54) is 23.9 Å². The molecule has 6 nitrogen and oxygen atoms in total. The van der Waals surface area contributed by atoms with Crippen molar-refractivity contribution in [3.8, 4) is 6.07 Å². The van der Waals surface area contributed by atoms with E-state index in [1.54, 1.807) is 24.3 Å². The number of H-pyrrole nitrogens is 1. The van der Waals surface area contributed by atoms with E-state index >= 15 is 0 Å². The Morgan fingerprint density at radius 1 is 1.30 bits per heavy atom. The Labute approximate surface area is 161 Å². The van der Waals surface area contributed by atoms with Crippen molar-refractivity contribution < 1.29 is 9.18 Å². The smallest absolute Gasteiger partial charge is 0.231 e. The highest BCUT2D eigenvalue weighted by Gasteiger charge is 2.33.